The highest BCUT2D eigenvalue weighted by Crippen LogP contribution is 2.48. The Morgan fingerprint density at radius 3 is 2.53 bits per heavy atom. The predicted octanol–water partition coefficient (Wildman–Crippen LogP) is 4.12. The summed E-state index contributed by atoms with van der Waals surface area (Å²) >= 11 is 1.72. The standard InChI is InChI=1S/C28H35N3O4S/c1-18(2)35-25-17-21-20(15-24(25)34-4)8-11-31-23(16-22(27(21)31)26-7-5-14-36-26)28(33)30-10-6-9-29(12-13-30)19(3)32/h5,7,14-15,17-18,23H,6,8-13,16H2,1-4H3. The predicted molar refractivity (Wildman–Crippen MR) is 142 cm³/mol. The molecule has 192 valence electrons. The highest BCUT2D eigenvalue weighted by Gasteiger charge is 2.42. The van der Waals surface area contributed by atoms with Gasteiger partial charge in [0, 0.05) is 62.2 Å². The average Bonchev–Trinajstić information content (AvgIpc) is 3.44. The lowest BCUT2D eigenvalue weighted by Crippen LogP contribution is -2.48. The second kappa shape index (κ2) is 10.2. The summed E-state index contributed by atoms with van der Waals surface area (Å²) < 4.78 is 11.8. The fourth-order valence-corrected chi connectivity index (χ4v) is 6.42. The summed E-state index contributed by atoms with van der Waals surface area (Å²) in [5.74, 6) is 1.73. The Morgan fingerprint density at radius 2 is 1.83 bits per heavy atom. The van der Waals surface area contributed by atoms with Crippen molar-refractivity contribution in [3.63, 3.8) is 0 Å². The molecule has 36 heavy (non-hydrogen) atoms. The second-order valence-corrected chi connectivity index (χ2v) is 10.9. The molecule has 2 amide bonds. The molecular weight excluding hydrogens is 474 g/mol. The second-order valence-electron chi connectivity index (χ2n) is 9.98. The van der Waals surface area contributed by atoms with Crippen molar-refractivity contribution < 1.29 is 19.1 Å². The van der Waals surface area contributed by atoms with E-state index >= 15 is 0 Å². The number of benzene rings is 1. The van der Waals surface area contributed by atoms with Crippen LogP contribution >= 0.6 is 11.3 Å². The number of methoxy groups -OCH3 is 1. The van der Waals surface area contributed by atoms with Gasteiger partial charge in [-0.15, -0.1) is 11.3 Å². The minimum Gasteiger partial charge on any atom is -0.493 e. The Balaban J connectivity index is 1.50. The zero-order valence-corrected chi connectivity index (χ0v) is 22.4. The Labute approximate surface area is 217 Å². The summed E-state index contributed by atoms with van der Waals surface area (Å²) in [6, 6.07) is 8.20. The topological polar surface area (TPSA) is 62.3 Å². The van der Waals surface area contributed by atoms with Gasteiger partial charge in [-0.25, -0.2) is 0 Å². The van der Waals surface area contributed by atoms with Gasteiger partial charge in [-0.3, -0.25) is 9.59 Å². The average molecular weight is 510 g/mol. The van der Waals surface area contributed by atoms with E-state index in [4.69, 9.17) is 9.47 Å². The minimum atomic E-state index is -0.231. The smallest absolute Gasteiger partial charge is 0.245 e. The molecule has 1 atom stereocenters. The lowest BCUT2D eigenvalue weighted by atomic mass is 9.94. The number of ether oxygens (including phenoxy) is 2. The third-order valence-corrected chi connectivity index (χ3v) is 8.26. The Morgan fingerprint density at radius 1 is 1.06 bits per heavy atom. The quantitative estimate of drug-likeness (QED) is 0.607. The molecule has 5 rings (SSSR count). The van der Waals surface area contributed by atoms with Crippen molar-refractivity contribution in [3.8, 4) is 11.5 Å². The molecule has 0 spiro atoms. The summed E-state index contributed by atoms with van der Waals surface area (Å²) in [6.45, 7) is 9.02. The van der Waals surface area contributed by atoms with Gasteiger partial charge in [0.25, 0.3) is 0 Å². The summed E-state index contributed by atoms with van der Waals surface area (Å²) in [7, 11) is 1.68. The van der Waals surface area contributed by atoms with Crippen molar-refractivity contribution >= 4 is 34.4 Å². The van der Waals surface area contributed by atoms with Crippen LogP contribution in [0, 0.1) is 0 Å². The molecule has 0 radical (unpaired) electrons. The van der Waals surface area contributed by atoms with E-state index in [1.165, 1.54) is 16.0 Å². The van der Waals surface area contributed by atoms with E-state index in [0.717, 1.165) is 42.1 Å². The summed E-state index contributed by atoms with van der Waals surface area (Å²) in [5.41, 5.74) is 4.73. The van der Waals surface area contributed by atoms with Crippen molar-refractivity contribution in [2.24, 2.45) is 0 Å². The van der Waals surface area contributed by atoms with Crippen molar-refractivity contribution in [1.82, 2.24) is 14.7 Å². The van der Waals surface area contributed by atoms with Gasteiger partial charge >= 0.3 is 0 Å². The van der Waals surface area contributed by atoms with Crippen LogP contribution in [0.4, 0.5) is 0 Å². The van der Waals surface area contributed by atoms with Crippen molar-refractivity contribution in [3.05, 3.63) is 45.6 Å². The van der Waals surface area contributed by atoms with Crippen LogP contribution in [-0.2, 0) is 16.0 Å². The first-order valence-corrected chi connectivity index (χ1v) is 13.7. The third kappa shape index (κ3) is 4.59. The van der Waals surface area contributed by atoms with Crippen LogP contribution in [0.2, 0.25) is 0 Å². The van der Waals surface area contributed by atoms with E-state index in [9.17, 15) is 9.59 Å². The number of carbonyl (C=O) groups excluding carboxylic acids is 2. The molecule has 3 aliphatic rings. The maximum Gasteiger partial charge on any atom is 0.245 e. The molecule has 2 aromatic rings. The van der Waals surface area contributed by atoms with Crippen molar-refractivity contribution in [1.29, 1.82) is 0 Å². The maximum absolute atomic E-state index is 13.9. The van der Waals surface area contributed by atoms with Crippen LogP contribution in [0.1, 0.15) is 49.6 Å². The van der Waals surface area contributed by atoms with E-state index in [-0.39, 0.29) is 24.0 Å². The highest BCUT2D eigenvalue weighted by atomic mass is 32.1. The lowest BCUT2D eigenvalue weighted by Gasteiger charge is -2.36. The largest absolute Gasteiger partial charge is 0.493 e. The molecule has 0 saturated carbocycles. The van der Waals surface area contributed by atoms with Gasteiger partial charge in [-0.1, -0.05) is 6.07 Å². The van der Waals surface area contributed by atoms with E-state index in [0.29, 0.717) is 32.6 Å². The fraction of sp³-hybridized carbons (Fsp3) is 0.500. The summed E-state index contributed by atoms with van der Waals surface area (Å²) in [6.07, 6.45) is 2.37. The molecule has 1 aromatic heterocycles. The SMILES string of the molecule is COc1cc2c(cc1OC(C)C)C1=C(c3cccs3)CC(C(=O)N3CCCN(C(C)=O)CC3)N1CC2. The number of hydrogen-bond donors (Lipinski definition) is 0. The number of carbonyl (C=O) groups is 2. The van der Waals surface area contributed by atoms with E-state index < -0.39 is 0 Å². The molecule has 0 bridgehead atoms. The molecule has 7 nitrogen and oxygen atoms in total. The number of nitrogens with zero attached hydrogens (tertiary/aromatic N) is 3. The first-order valence-electron chi connectivity index (χ1n) is 12.8. The number of fused-ring (bicyclic) bond motifs is 3. The van der Waals surface area contributed by atoms with Gasteiger partial charge in [0.15, 0.2) is 11.5 Å². The van der Waals surface area contributed by atoms with E-state index in [1.54, 1.807) is 25.4 Å². The first-order chi connectivity index (χ1) is 17.4. The number of hydrogen-bond acceptors (Lipinski definition) is 6. The Kier molecular flexibility index (Phi) is 6.97. The molecule has 1 saturated heterocycles. The maximum atomic E-state index is 13.9. The zero-order chi connectivity index (χ0) is 25.4. The number of thiophene rings is 1. The number of rotatable bonds is 5. The van der Waals surface area contributed by atoms with Crippen LogP contribution in [0.25, 0.3) is 11.3 Å². The van der Waals surface area contributed by atoms with Crippen LogP contribution in [0.3, 0.4) is 0 Å². The Hall–Kier alpha value is -3.00. The van der Waals surface area contributed by atoms with Crippen LogP contribution in [0.15, 0.2) is 29.6 Å². The normalized spacial score (nSPS) is 19.8. The van der Waals surface area contributed by atoms with Gasteiger partial charge in [0.05, 0.1) is 13.2 Å². The molecule has 1 aromatic carbocycles. The summed E-state index contributed by atoms with van der Waals surface area (Å²) in [5, 5.41) is 2.10. The van der Waals surface area contributed by atoms with Crippen molar-refractivity contribution in [2.75, 3.05) is 39.8 Å². The molecule has 4 heterocycles. The first kappa shape index (κ1) is 24.7. The molecule has 0 N–H and O–H groups in total. The van der Waals surface area contributed by atoms with E-state index in [1.807, 2.05) is 23.6 Å². The monoisotopic (exact) mass is 509 g/mol. The van der Waals surface area contributed by atoms with Gasteiger partial charge < -0.3 is 24.2 Å². The van der Waals surface area contributed by atoms with Gasteiger partial charge in [-0.05, 0) is 61.4 Å². The van der Waals surface area contributed by atoms with Crippen LogP contribution in [-0.4, -0.2) is 78.5 Å². The molecule has 8 heteroatoms. The fourth-order valence-electron chi connectivity index (χ4n) is 5.64. The highest BCUT2D eigenvalue weighted by molar-refractivity contribution is 7.11. The molecule has 3 aliphatic heterocycles. The summed E-state index contributed by atoms with van der Waals surface area (Å²) in [4.78, 5) is 33.2. The zero-order valence-electron chi connectivity index (χ0n) is 21.6. The number of amides is 2. The van der Waals surface area contributed by atoms with Gasteiger partial charge in [-0.2, -0.15) is 0 Å². The van der Waals surface area contributed by atoms with E-state index in [2.05, 4.69) is 34.5 Å². The molecule has 0 aliphatic carbocycles. The third-order valence-electron chi connectivity index (χ3n) is 7.33. The van der Waals surface area contributed by atoms with Gasteiger partial charge in [0.2, 0.25) is 11.8 Å². The lowest BCUT2D eigenvalue weighted by molar-refractivity contribution is -0.136. The van der Waals surface area contributed by atoms with Crippen molar-refractivity contribution in [2.45, 2.75) is 52.2 Å². The molecular formula is C28H35N3O4S. The van der Waals surface area contributed by atoms with Crippen LogP contribution < -0.4 is 9.47 Å². The van der Waals surface area contributed by atoms with Gasteiger partial charge in [0.1, 0.15) is 6.04 Å². The molecule has 1 fully saturated rings. The van der Waals surface area contributed by atoms with Crippen LogP contribution in [0.5, 0.6) is 11.5 Å². The molecule has 1 unspecified atom stereocenters. The Bertz CT molecular complexity index is 1170. The minimum absolute atomic E-state index is 0.0258.